The van der Waals surface area contributed by atoms with E-state index in [9.17, 15) is 8.42 Å². The van der Waals surface area contributed by atoms with Crippen LogP contribution in [0.3, 0.4) is 0 Å². The molecule has 0 aliphatic carbocycles. The summed E-state index contributed by atoms with van der Waals surface area (Å²) < 4.78 is 28.8. The fourth-order valence-corrected chi connectivity index (χ4v) is 6.11. The first kappa shape index (κ1) is 22.9. The van der Waals surface area contributed by atoms with Crippen LogP contribution in [0.1, 0.15) is 22.2 Å². The smallest absolute Gasteiger partial charge is 0.191 e. The highest BCUT2D eigenvalue weighted by molar-refractivity contribution is 14.0. The number of hydrogen-bond donors (Lipinski definition) is 2. The van der Waals surface area contributed by atoms with Gasteiger partial charge >= 0.3 is 0 Å². The Balaban J connectivity index is 0.00000261. The minimum Gasteiger partial charge on any atom is -0.379 e. The summed E-state index contributed by atoms with van der Waals surface area (Å²) in [6.45, 7) is 6.19. The second kappa shape index (κ2) is 10.4. The van der Waals surface area contributed by atoms with Gasteiger partial charge in [0.2, 0.25) is 0 Å². The minimum atomic E-state index is -2.90. The van der Waals surface area contributed by atoms with Gasteiger partial charge in [-0.2, -0.15) is 0 Å². The molecule has 2 saturated heterocycles. The molecule has 2 fully saturated rings. The van der Waals surface area contributed by atoms with E-state index in [0.29, 0.717) is 12.4 Å². The molecule has 2 unspecified atom stereocenters. The van der Waals surface area contributed by atoms with E-state index in [-0.39, 0.29) is 47.6 Å². The van der Waals surface area contributed by atoms with Crippen molar-refractivity contribution < 1.29 is 13.2 Å². The summed E-state index contributed by atoms with van der Waals surface area (Å²) in [5, 5.41) is 6.65. The molecule has 0 amide bonds. The number of hydrogen-bond acceptors (Lipinski definition) is 6. The lowest BCUT2D eigenvalue weighted by Crippen LogP contribution is -2.48. The van der Waals surface area contributed by atoms with Crippen LogP contribution in [0.25, 0.3) is 0 Å². The minimum absolute atomic E-state index is 0. The lowest BCUT2D eigenvalue weighted by atomic mass is 10.2. The molecule has 7 nitrogen and oxygen atoms in total. The first-order valence-electron chi connectivity index (χ1n) is 9.02. The predicted octanol–water partition coefficient (Wildman–Crippen LogP) is 1.40. The predicted molar refractivity (Wildman–Crippen MR) is 121 cm³/mol. The average Bonchev–Trinajstić information content (AvgIpc) is 3.20. The van der Waals surface area contributed by atoms with Gasteiger partial charge < -0.3 is 15.4 Å². The topological polar surface area (TPSA) is 83.0 Å². The summed E-state index contributed by atoms with van der Waals surface area (Å²) in [7, 11) is -1.18. The van der Waals surface area contributed by atoms with Crippen LogP contribution < -0.4 is 10.6 Å². The van der Waals surface area contributed by atoms with E-state index in [0.717, 1.165) is 32.8 Å². The molecule has 0 bridgehead atoms. The first-order valence-corrected chi connectivity index (χ1v) is 11.7. The number of nitrogens with zero attached hydrogens (tertiary/aromatic N) is 2. The molecule has 0 saturated carbocycles. The van der Waals surface area contributed by atoms with E-state index in [1.165, 1.54) is 9.75 Å². The Bertz CT molecular complexity index is 732. The van der Waals surface area contributed by atoms with Gasteiger partial charge in [0.15, 0.2) is 15.8 Å². The fourth-order valence-electron chi connectivity index (χ4n) is 3.42. The van der Waals surface area contributed by atoms with Crippen LogP contribution >= 0.6 is 35.3 Å². The van der Waals surface area contributed by atoms with Crippen molar-refractivity contribution in [2.24, 2.45) is 4.99 Å². The number of aliphatic imine (C=N–C) groups is 1. The molecule has 3 heterocycles. The molecule has 3 rings (SSSR count). The molecule has 2 N–H and O–H groups in total. The van der Waals surface area contributed by atoms with Gasteiger partial charge in [-0.25, -0.2) is 8.42 Å². The van der Waals surface area contributed by atoms with E-state index in [1.54, 1.807) is 7.05 Å². The normalized spacial score (nSPS) is 24.2. The summed E-state index contributed by atoms with van der Waals surface area (Å²) in [5.41, 5.74) is 0. The van der Waals surface area contributed by atoms with E-state index >= 15 is 0 Å². The second-order valence-electron chi connectivity index (χ2n) is 6.81. The average molecular weight is 528 g/mol. The number of ether oxygens (including phenoxy) is 1. The van der Waals surface area contributed by atoms with Gasteiger partial charge in [-0.05, 0) is 25.5 Å². The van der Waals surface area contributed by atoms with Crippen LogP contribution in [0.15, 0.2) is 17.1 Å². The van der Waals surface area contributed by atoms with Crippen molar-refractivity contribution in [2.75, 3.05) is 51.4 Å². The van der Waals surface area contributed by atoms with Crippen molar-refractivity contribution in [1.82, 2.24) is 15.5 Å². The van der Waals surface area contributed by atoms with Gasteiger partial charge in [0.05, 0.1) is 30.8 Å². The Hall–Kier alpha value is -0.430. The van der Waals surface area contributed by atoms with Crippen LogP contribution in [-0.4, -0.2) is 76.7 Å². The molecular weight excluding hydrogens is 499 g/mol. The van der Waals surface area contributed by atoms with Crippen LogP contribution in [-0.2, 0) is 14.6 Å². The number of morpholine rings is 1. The zero-order valence-electron chi connectivity index (χ0n) is 15.8. The molecule has 27 heavy (non-hydrogen) atoms. The first-order chi connectivity index (χ1) is 12.5. The van der Waals surface area contributed by atoms with Crippen LogP contribution in [0, 0.1) is 6.92 Å². The van der Waals surface area contributed by atoms with Gasteiger partial charge in [0.1, 0.15) is 0 Å². The van der Waals surface area contributed by atoms with Crippen LogP contribution in [0.4, 0.5) is 0 Å². The highest BCUT2D eigenvalue weighted by atomic mass is 127. The Morgan fingerprint density at radius 1 is 1.41 bits per heavy atom. The molecule has 0 radical (unpaired) electrons. The van der Waals surface area contributed by atoms with E-state index in [4.69, 9.17) is 4.74 Å². The molecular formula is C17H29IN4O3S2. The molecule has 1 aromatic heterocycles. The van der Waals surface area contributed by atoms with Crippen molar-refractivity contribution in [1.29, 1.82) is 0 Å². The number of thiophene rings is 1. The maximum Gasteiger partial charge on any atom is 0.191 e. The molecule has 2 aliphatic rings. The molecule has 2 aliphatic heterocycles. The Kier molecular flexibility index (Phi) is 8.78. The van der Waals surface area contributed by atoms with Crippen molar-refractivity contribution >= 4 is 51.1 Å². The lowest BCUT2D eigenvalue weighted by molar-refractivity contribution is 0.0177. The van der Waals surface area contributed by atoms with Crippen molar-refractivity contribution in [3.8, 4) is 0 Å². The highest BCUT2D eigenvalue weighted by Gasteiger charge is 2.29. The summed E-state index contributed by atoms with van der Waals surface area (Å²) in [6, 6.07) is 4.55. The number of nitrogens with one attached hydrogen (secondary N) is 2. The Labute approximate surface area is 182 Å². The highest BCUT2D eigenvalue weighted by Crippen LogP contribution is 2.27. The van der Waals surface area contributed by atoms with Crippen molar-refractivity contribution in [3.63, 3.8) is 0 Å². The van der Waals surface area contributed by atoms with E-state index in [2.05, 4.69) is 39.6 Å². The van der Waals surface area contributed by atoms with Crippen LogP contribution in [0.2, 0.25) is 0 Å². The number of guanidine groups is 1. The Morgan fingerprint density at radius 3 is 2.70 bits per heavy atom. The third-order valence-electron chi connectivity index (χ3n) is 4.84. The molecule has 0 spiro atoms. The lowest BCUT2D eigenvalue weighted by Gasteiger charge is -2.34. The zero-order valence-corrected chi connectivity index (χ0v) is 19.8. The summed E-state index contributed by atoms with van der Waals surface area (Å²) in [6.07, 6.45) is 0.639. The zero-order chi connectivity index (χ0) is 18.6. The van der Waals surface area contributed by atoms with Gasteiger partial charge in [-0.15, -0.1) is 35.3 Å². The number of aryl methyl sites for hydroxylation is 1. The van der Waals surface area contributed by atoms with E-state index < -0.39 is 9.84 Å². The van der Waals surface area contributed by atoms with Crippen molar-refractivity contribution in [2.45, 2.75) is 25.4 Å². The standard InChI is InChI=1S/C17H28N4O3S2.HI/c1-13-3-4-16(25-13)15(21-6-8-24-9-7-21)11-19-17(18-2)20-14-5-10-26(22,23)12-14;/h3-4,14-15H,5-12H2,1-2H3,(H2,18,19,20);1H. The maximum atomic E-state index is 11.7. The molecule has 0 aromatic carbocycles. The van der Waals surface area contributed by atoms with Gasteiger partial charge in [0, 0.05) is 42.5 Å². The van der Waals surface area contributed by atoms with Gasteiger partial charge in [0.25, 0.3) is 0 Å². The van der Waals surface area contributed by atoms with Crippen LogP contribution in [0.5, 0.6) is 0 Å². The SMILES string of the molecule is CN=C(NCC(c1ccc(C)s1)N1CCOCC1)NC1CCS(=O)(=O)C1.I. The summed E-state index contributed by atoms with van der Waals surface area (Å²) >= 11 is 1.82. The molecule has 2 atom stereocenters. The number of rotatable bonds is 5. The quantitative estimate of drug-likeness (QED) is 0.342. The van der Waals surface area contributed by atoms with Gasteiger partial charge in [-0.1, -0.05) is 0 Å². The maximum absolute atomic E-state index is 11.7. The third kappa shape index (κ3) is 6.55. The largest absolute Gasteiger partial charge is 0.379 e. The monoisotopic (exact) mass is 528 g/mol. The Morgan fingerprint density at radius 2 is 2.15 bits per heavy atom. The third-order valence-corrected chi connectivity index (χ3v) is 7.71. The van der Waals surface area contributed by atoms with Gasteiger partial charge in [-0.3, -0.25) is 9.89 Å². The molecule has 10 heteroatoms. The molecule has 154 valence electrons. The number of halogens is 1. The summed E-state index contributed by atoms with van der Waals surface area (Å²) in [5.74, 6) is 1.11. The molecule has 1 aromatic rings. The van der Waals surface area contributed by atoms with E-state index in [1.807, 2.05) is 11.3 Å². The van der Waals surface area contributed by atoms with Crippen molar-refractivity contribution in [3.05, 3.63) is 21.9 Å². The second-order valence-corrected chi connectivity index (χ2v) is 10.4. The number of sulfone groups is 1. The fraction of sp³-hybridized carbons (Fsp3) is 0.706. The summed E-state index contributed by atoms with van der Waals surface area (Å²) in [4.78, 5) is 9.35.